The number of ether oxygens (including phenoxy) is 1. The van der Waals surface area contributed by atoms with Crippen molar-refractivity contribution in [3.05, 3.63) is 54.1 Å². The number of hydrogen-bond acceptors (Lipinski definition) is 5. The Balaban J connectivity index is 1.99. The van der Waals surface area contributed by atoms with Crippen LogP contribution in [0.5, 0.6) is 5.75 Å². The van der Waals surface area contributed by atoms with Crippen LogP contribution in [0.4, 0.5) is 5.82 Å². The first-order valence-corrected chi connectivity index (χ1v) is 10.9. The molecular formula is C25H32N6O. The number of rotatable bonds is 5. The Morgan fingerprint density at radius 3 is 2.16 bits per heavy atom. The third-order valence-corrected chi connectivity index (χ3v) is 5.29. The van der Waals surface area contributed by atoms with Gasteiger partial charge in [0, 0.05) is 22.9 Å². The molecule has 0 fully saturated rings. The Kier molecular flexibility index (Phi) is 5.44. The predicted octanol–water partition coefficient (Wildman–Crippen LogP) is 5.32. The first-order chi connectivity index (χ1) is 15.1. The van der Waals surface area contributed by atoms with Gasteiger partial charge in [0.05, 0.1) is 18.3 Å². The van der Waals surface area contributed by atoms with E-state index in [9.17, 15) is 0 Å². The van der Waals surface area contributed by atoms with E-state index in [-0.39, 0.29) is 11.1 Å². The average Bonchev–Trinajstić information content (AvgIpc) is 3.31. The molecule has 0 atom stereocenters. The Morgan fingerprint density at radius 2 is 1.56 bits per heavy atom. The molecule has 32 heavy (non-hydrogen) atoms. The summed E-state index contributed by atoms with van der Waals surface area (Å²) in [6, 6.07) is 16.6. The first-order valence-electron chi connectivity index (χ1n) is 10.9. The second-order valence-electron chi connectivity index (χ2n) is 10.1. The zero-order valence-corrected chi connectivity index (χ0v) is 20.0. The lowest BCUT2D eigenvalue weighted by molar-refractivity contribution is 0.350. The van der Waals surface area contributed by atoms with Crippen molar-refractivity contribution in [1.82, 2.24) is 24.8 Å². The third kappa shape index (κ3) is 4.20. The van der Waals surface area contributed by atoms with Gasteiger partial charge in [0.2, 0.25) is 0 Å². The van der Waals surface area contributed by atoms with E-state index in [0.717, 1.165) is 33.9 Å². The maximum atomic E-state index is 5.34. The molecule has 0 amide bonds. The molecule has 1 N–H and O–H groups in total. The molecule has 0 aliphatic carbocycles. The van der Waals surface area contributed by atoms with Crippen molar-refractivity contribution in [2.45, 2.75) is 59.2 Å². The number of nitrogens with zero attached hydrogens (tertiary/aromatic N) is 5. The molecule has 0 saturated carbocycles. The van der Waals surface area contributed by atoms with Gasteiger partial charge in [0.25, 0.3) is 0 Å². The number of aromatic nitrogens is 5. The number of hydrogen-bond donors (Lipinski definition) is 1. The Hall–Kier alpha value is -3.35. The summed E-state index contributed by atoms with van der Waals surface area (Å²) in [4.78, 5) is 0. The molecule has 7 heteroatoms. The molecular weight excluding hydrogens is 400 g/mol. The minimum absolute atomic E-state index is 0.119. The van der Waals surface area contributed by atoms with E-state index in [1.807, 2.05) is 16.8 Å². The predicted molar refractivity (Wildman–Crippen MR) is 129 cm³/mol. The van der Waals surface area contributed by atoms with Crippen molar-refractivity contribution in [2.24, 2.45) is 0 Å². The summed E-state index contributed by atoms with van der Waals surface area (Å²) >= 11 is 0. The van der Waals surface area contributed by atoms with E-state index < -0.39 is 0 Å². The summed E-state index contributed by atoms with van der Waals surface area (Å²) in [5, 5.41) is 18.8. The lowest BCUT2D eigenvalue weighted by Crippen LogP contribution is -2.28. The number of methoxy groups -OCH3 is 1. The van der Waals surface area contributed by atoms with Gasteiger partial charge in [-0.15, -0.1) is 5.10 Å². The summed E-state index contributed by atoms with van der Waals surface area (Å²) in [7, 11) is 1.68. The fourth-order valence-electron chi connectivity index (χ4n) is 3.89. The van der Waals surface area contributed by atoms with Crippen molar-refractivity contribution in [2.75, 3.05) is 12.4 Å². The standard InChI is InChI=1S/C25H32N6O/c1-24(2,3)26-22-20-11-9-8-10-19(20)21(23-27-28-29-31(23)25(4,5)6)30(22)16-17-12-14-18(32-7)15-13-17/h8-15,26H,16H2,1-7H3. The Bertz CT molecular complexity index is 1220. The SMILES string of the molecule is COc1ccc(Cn2c(NC(C)(C)C)c3ccccc3c2-c2nnnn2C(C)(C)C)cc1. The summed E-state index contributed by atoms with van der Waals surface area (Å²) < 4.78 is 9.54. The molecule has 2 heterocycles. The molecule has 2 aromatic heterocycles. The molecule has 0 radical (unpaired) electrons. The second-order valence-corrected chi connectivity index (χ2v) is 10.1. The van der Waals surface area contributed by atoms with Crippen LogP contribution >= 0.6 is 0 Å². The Morgan fingerprint density at radius 1 is 0.906 bits per heavy atom. The quantitative estimate of drug-likeness (QED) is 0.462. The molecule has 0 bridgehead atoms. The number of anilines is 1. The smallest absolute Gasteiger partial charge is 0.199 e. The van der Waals surface area contributed by atoms with Gasteiger partial charge in [-0.1, -0.05) is 36.4 Å². The van der Waals surface area contributed by atoms with Crippen molar-refractivity contribution < 1.29 is 4.74 Å². The summed E-state index contributed by atoms with van der Waals surface area (Å²) in [5.41, 5.74) is 1.79. The molecule has 0 aliphatic heterocycles. The highest BCUT2D eigenvalue weighted by molar-refractivity contribution is 6.03. The van der Waals surface area contributed by atoms with Crippen LogP contribution in [-0.2, 0) is 12.1 Å². The summed E-state index contributed by atoms with van der Waals surface area (Å²) in [6.45, 7) is 13.5. The van der Waals surface area contributed by atoms with Gasteiger partial charge < -0.3 is 14.6 Å². The van der Waals surface area contributed by atoms with E-state index in [2.05, 4.69) is 103 Å². The highest BCUT2D eigenvalue weighted by atomic mass is 16.5. The van der Waals surface area contributed by atoms with Crippen LogP contribution in [0.25, 0.3) is 22.3 Å². The number of fused-ring (bicyclic) bond motifs is 1. The van der Waals surface area contributed by atoms with Crippen molar-refractivity contribution in [3.8, 4) is 17.3 Å². The van der Waals surface area contributed by atoms with Crippen LogP contribution in [0.1, 0.15) is 47.1 Å². The van der Waals surface area contributed by atoms with Gasteiger partial charge in [-0.05, 0) is 69.7 Å². The van der Waals surface area contributed by atoms with E-state index >= 15 is 0 Å². The van der Waals surface area contributed by atoms with Crippen LogP contribution in [-0.4, -0.2) is 37.4 Å². The lowest BCUT2D eigenvalue weighted by Gasteiger charge is -2.25. The van der Waals surface area contributed by atoms with Gasteiger partial charge in [-0.2, -0.15) is 0 Å². The van der Waals surface area contributed by atoms with Gasteiger partial charge in [0.1, 0.15) is 11.6 Å². The van der Waals surface area contributed by atoms with Gasteiger partial charge in [-0.3, -0.25) is 0 Å². The van der Waals surface area contributed by atoms with Gasteiger partial charge in [0.15, 0.2) is 5.82 Å². The van der Waals surface area contributed by atoms with Gasteiger partial charge >= 0.3 is 0 Å². The van der Waals surface area contributed by atoms with Crippen molar-refractivity contribution in [3.63, 3.8) is 0 Å². The van der Waals surface area contributed by atoms with E-state index in [1.165, 1.54) is 5.56 Å². The average molecular weight is 433 g/mol. The largest absolute Gasteiger partial charge is 0.497 e. The zero-order valence-electron chi connectivity index (χ0n) is 20.0. The Labute approximate surface area is 189 Å². The number of nitrogens with one attached hydrogen (secondary N) is 1. The molecule has 0 unspecified atom stereocenters. The second kappa shape index (κ2) is 7.97. The van der Waals surface area contributed by atoms with Crippen molar-refractivity contribution in [1.29, 1.82) is 0 Å². The first kappa shape index (κ1) is 21.9. The topological polar surface area (TPSA) is 69.8 Å². The van der Waals surface area contributed by atoms with Gasteiger partial charge in [-0.25, -0.2) is 4.68 Å². The van der Waals surface area contributed by atoms with Crippen LogP contribution in [0.15, 0.2) is 48.5 Å². The maximum Gasteiger partial charge on any atom is 0.199 e. The molecule has 4 rings (SSSR count). The van der Waals surface area contributed by atoms with Crippen LogP contribution in [0.2, 0.25) is 0 Å². The molecule has 168 valence electrons. The zero-order chi connectivity index (χ0) is 23.1. The van der Waals surface area contributed by atoms with E-state index in [1.54, 1.807) is 7.11 Å². The normalized spacial score (nSPS) is 12.3. The molecule has 0 saturated heterocycles. The molecule has 2 aromatic carbocycles. The highest BCUT2D eigenvalue weighted by Crippen LogP contribution is 2.39. The van der Waals surface area contributed by atoms with Crippen LogP contribution in [0, 0.1) is 0 Å². The summed E-state index contributed by atoms with van der Waals surface area (Å²) in [6.07, 6.45) is 0. The van der Waals surface area contributed by atoms with Crippen LogP contribution in [0.3, 0.4) is 0 Å². The van der Waals surface area contributed by atoms with Crippen LogP contribution < -0.4 is 10.1 Å². The van der Waals surface area contributed by atoms with Crippen molar-refractivity contribution >= 4 is 16.6 Å². The number of tetrazole rings is 1. The fraction of sp³-hybridized carbons (Fsp3) is 0.400. The molecule has 0 aliphatic rings. The lowest BCUT2D eigenvalue weighted by atomic mass is 10.1. The minimum Gasteiger partial charge on any atom is -0.497 e. The third-order valence-electron chi connectivity index (χ3n) is 5.29. The molecule has 0 spiro atoms. The monoisotopic (exact) mass is 432 g/mol. The maximum absolute atomic E-state index is 5.34. The summed E-state index contributed by atoms with van der Waals surface area (Å²) in [5.74, 6) is 2.66. The fourth-order valence-corrected chi connectivity index (χ4v) is 3.89. The highest BCUT2D eigenvalue weighted by Gasteiger charge is 2.28. The molecule has 4 aromatic rings. The van der Waals surface area contributed by atoms with E-state index in [4.69, 9.17) is 4.74 Å². The molecule has 7 nitrogen and oxygen atoms in total. The number of benzene rings is 2. The minimum atomic E-state index is -0.257. The van der Waals surface area contributed by atoms with E-state index in [0.29, 0.717) is 6.54 Å².